The number of ether oxygens (including phenoxy) is 1. The van der Waals surface area contributed by atoms with E-state index in [1.54, 1.807) is 24.5 Å². The predicted octanol–water partition coefficient (Wildman–Crippen LogP) is 4.43. The first-order chi connectivity index (χ1) is 14.5. The van der Waals surface area contributed by atoms with E-state index in [4.69, 9.17) is 27.8 Å². The second-order valence-electron chi connectivity index (χ2n) is 7.10. The molecule has 0 aliphatic heterocycles. The van der Waals surface area contributed by atoms with Gasteiger partial charge in [-0.1, -0.05) is 42.5 Å². The van der Waals surface area contributed by atoms with E-state index in [0.29, 0.717) is 17.9 Å². The Balaban J connectivity index is 1.67. The van der Waals surface area contributed by atoms with Crippen LogP contribution in [0.4, 0.5) is 0 Å². The van der Waals surface area contributed by atoms with Crippen LogP contribution in [0.15, 0.2) is 77.4 Å². The number of fused-ring (bicyclic) bond motifs is 1. The number of para-hydroxylation sites is 1. The number of hydrogen-bond donors (Lipinski definition) is 2. The van der Waals surface area contributed by atoms with Gasteiger partial charge in [-0.15, -0.1) is 0 Å². The minimum absolute atomic E-state index is 0.0890. The van der Waals surface area contributed by atoms with E-state index in [1.165, 1.54) is 0 Å². The molecule has 0 aliphatic rings. The smallest absolute Gasteiger partial charge is 0.307 e. The van der Waals surface area contributed by atoms with E-state index in [-0.39, 0.29) is 6.42 Å². The van der Waals surface area contributed by atoms with Crippen molar-refractivity contribution in [3.05, 3.63) is 89.7 Å². The normalized spacial score (nSPS) is 12.0. The fraction of sp³-hybridized carbons (Fsp3) is 0.125. The number of carboxylic acids is 1. The van der Waals surface area contributed by atoms with Crippen molar-refractivity contribution in [2.45, 2.75) is 19.0 Å². The van der Waals surface area contributed by atoms with Gasteiger partial charge in [-0.25, -0.2) is 0 Å². The zero-order chi connectivity index (χ0) is 21.1. The fourth-order valence-electron chi connectivity index (χ4n) is 3.47. The van der Waals surface area contributed by atoms with Crippen molar-refractivity contribution in [2.24, 2.45) is 5.73 Å². The lowest BCUT2D eigenvalue weighted by molar-refractivity contribution is -0.136. The van der Waals surface area contributed by atoms with Gasteiger partial charge in [-0.05, 0) is 46.9 Å². The zero-order valence-electron chi connectivity index (χ0n) is 16.2. The molecule has 0 fully saturated rings. The lowest BCUT2D eigenvalue weighted by Crippen LogP contribution is -2.09. The molecule has 0 saturated carbocycles. The van der Waals surface area contributed by atoms with Crippen molar-refractivity contribution in [1.82, 2.24) is 0 Å². The number of aliphatic carboxylic acids is 1. The summed E-state index contributed by atoms with van der Waals surface area (Å²) >= 11 is 0. The molecular weight excluding hydrogens is 377 g/mol. The maximum absolute atomic E-state index is 11.1. The maximum atomic E-state index is 11.1. The molecule has 0 saturated heterocycles. The average molecular weight is 397 g/mol. The highest BCUT2D eigenvalue weighted by Gasteiger charge is 2.13. The standard InChI is InChI=1S/C24H20BNO4/c25-24(26)19-6-3-5-16(12-19)20-11-15(10-18-8-9-29-23(18)20)14-30-21-7-2-1-4-17(21)13-22(27)28/h1-12,24H,13-14,26H2,(H,27,28). The molecule has 4 rings (SSSR count). The molecule has 3 aromatic carbocycles. The highest BCUT2D eigenvalue weighted by molar-refractivity contribution is 6.12. The van der Waals surface area contributed by atoms with Crippen LogP contribution >= 0.6 is 0 Å². The molecular formula is C24H20BNO4. The number of benzene rings is 3. The molecule has 6 heteroatoms. The number of furan rings is 1. The van der Waals surface area contributed by atoms with Crippen molar-refractivity contribution in [2.75, 3.05) is 0 Å². The van der Waals surface area contributed by atoms with Crippen molar-refractivity contribution in [3.8, 4) is 16.9 Å². The van der Waals surface area contributed by atoms with Gasteiger partial charge in [0.1, 0.15) is 17.9 Å². The second kappa shape index (κ2) is 8.47. The van der Waals surface area contributed by atoms with Gasteiger partial charge < -0.3 is 20.0 Å². The van der Waals surface area contributed by atoms with Crippen molar-refractivity contribution >= 4 is 24.8 Å². The Hall–Kier alpha value is -3.51. The van der Waals surface area contributed by atoms with Gasteiger partial charge >= 0.3 is 5.97 Å². The third kappa shape index (κ3) is 4.24. The molecule has 1 unspecified atom stereocenters. The molecule has 1 atom stereocenters. The Labute approximate surface area is 175 Å². The van der Waals surface area contributed by atoms with E-state index in [0.717, 1.165) is 33.2 Å². The molecule has 1 heterocycles. The van der Waals surface area contributed by atoms with Crippen LogP contribution in [0.2, 0.25) is 0 Å². The van der Waals surface area contributed by atoms with E-state index in [1.807, 2.05) is 48.5 Å². The Bertz CT molecular complexity index is 1200. The van der Waals surface area contributed by atoms with Gasteiger partial charge in [0.2, 0.25) is 0 Å². The molecule has 5 nitrogen and oxygen atoms in total. The van der Waals surface area contributed by atoms with Gasteiger partial charge in [-0.2, -0.15) is 0 Å². The third-order valence-corrected chi connectivity index (χ3v) is 4.90. The predicted molar refractivity (Wildman–Crippen MR) is 116 cm³/mol. The summed E-state index contributed by atoms with van der Waals surface area (Å²) in [5.74, 6) is -0.898. The van der Waals surface area contributed by atoms with Crippen LogP contribution in [0, 0.1) is 0 Å². The van der Waals surface area contributed by atoms with Crippen LogP contribution in [0.25, 0.3) is 22.1 Å². The third-order valence-electron chi connectivity index (χ3n) is 4.90. The zero-order valence-corrected chi connectivity index (χ0v) is 16.2. The quantitative estimate of drug-likeness (QED) is 0.451. The monoisotopic (exact) mass is 397 g/mol. The minimum Gasteiger partial charge on any atom is -0.489 e. The van der Waals surface area contributed by atoms with Crippen molar-refractivity contribution in [1.29, 1.82) is 0 Å². The number of carbonyl (C=O) groups is 1. The molecule has 0 aliphatic carbocycles. The topological polar surface area (TPSA) is 85.7 Å². The molecule has 148 valence electrons. The second-order valence-corrected chi connectivity index (χ2v) is 7.10. The summed E-state index contributed by atoms with van der Waals surface area (Å²) < 4.78 is 11.7. The summed E-state index contributed by atoms with van der Waals surface area (Å²) in [6.07, 6.45) is 1.56. The molecule has 2 radical (unpaired) electrons. The lowest BCUT2D eigenvalue weighted by Gasteiger charge is -2.13. The SMILES string of the molecule is [B]C(N)c1cccc(-c2cc(COc3ccccc3CC(=O)O)cc3ccoc23)c1. The Morgan fingerprint density at radius 1 is 1.10 bits per heavy atom. The molecule has 3 N–H and O–H groups in total. The summed E-state index contributed by atoms with van der Waals surface area (Å²) in [6.45, 7) is 0.293. The summed E-state index contributed by atoms with van der Waals surface area (Å²) in [5.41, 5.74) is 10.9. The average Bonchev–Trinajstić information content (AvgIpc) is 3.21. The Morgan fingerprint density at radius 2 is 1.93 bits per heavy atom. The summed E-state index contributed by atoms with van der Waals surface area (Å²) in [4.78, 5) is 11.1. The first-order valence-corrected chi connectivity index (χ1v) is 9.55. The Morgan fingerprint density at radius 3 is 2.73 bits per heavy atom. The first kappa shape index (κ1) is 19.8. The van der Waals surface area contributed by atoms with Crippen LogP contribution in [-0.2, 0) is 17.8 Å². The van der Waals surface area contributed by atoms with Crippen LogP contribution in [-0.4, -0.2) is 18.9 Å². The maximum Gasteiger partial charge on any atom is 0.307 e. The van der Waals surface area contributed by atoms with Gasteiger partial charge in [0.25, 0.3) is 0 Å². The van der Waals surface area contributed by atoms with E-state index < -0.39 is 11.9 Å². The molecule has 4 aromatic rings. The molecule has 0 spiro atoms. The van der Waals surface area contributed by atoms with Crippen molar-refractivity contribution < 1.29 is 19.1 Å². The number of hydrogen-bond acceptors (Lipinski definition) is 4. The highest BCUT2D eigenvalue weighted by Crippen LogP contribution is 2.32. The highest BCUT2D eigenvalue weighted by atomic mass is 16.5. The molecule has 1 aromatic heterocycles. The van der Waals surface area contributed by atoms with Crippen LogP contribution in [0.1, 0.15) is 22.6 Å². The van der Waals surface area contributed by atoms with Crippen LogP contribution in [0.3, 0.4) is 0 Å². The largest absolute Gasteiger partial charge is 0.489 e. The van der Waals surface area contributed by atoms with Gasteiger partial charge in [0.15, 0.2) is 0 Å². The van der Waals surface area contributed by atoms with Gasteiger partial charge in [0.05, 0.1) is 20.5 Å². The van der Waals surface area contributed by atoms with Crippen molar-refractivity contribution in [3.63, 3.8) is 0 Å². The molecule has 30 heavy (non-hydrogen) atoms. The Kier molecular flexibility index (Phi) is 5.59. The molecule has 0 amide bonds. The van der Waals surface area contributed by atoms with E-state index in [9.17, 15) is 4.79 Å². The van der Waals surface area contributed by atoms with Crippen LogP contribution < -0.4 is 10.5 Å². The van der Waals surface area contributed by atoms with E-state index in [2.05, 4.69) is 0 Å². The fourth-order valence-corrected chi connectivity index (χ4v) is 3.47. The lowest BCUT2D eigenvalue weighted by atomic mass is 9.88. The first-order valence-electron chi connectivity index (χ1n) is 9.55. The van der Waals surface area contributed by atoms with Gasteiger partial charge in [0, 0.05) is 16.5 Å². The number of rotatable bonds is 7. The summed E-state index contributed by atoms with van der Waals surface area (Å²) in [6, 6.07) is 20.8. The number of carboxylic acid groups (broad SMARTS) is 1. The van der Waals surface area contributed by atoms with Gasteiger partial charge in [-0.3, -0.25) is 4.79 Å². The summed E-state index contributed by atoms with van der Waals surface area (Å²) in [7, 11) is 5.84. The summed E-state index contributed by atoms with van der Waals surface area (Å²) in [5, 5.41) is 10.1. The van der Waals surface area contributed by atoms with E-state index >= 15 is 0 Å². The molecule has 0 bridgehead atoms. The number of nitrogens with two attached hydrogens (primary N) is 1. The van der Waals surface area contributed by atoms with Crippen LogP contribution in [0.5, 0.6) is 5.75 Å². The minimum atomic E-state index is -0.897.